The Labute approximate surface area is 96.7 Å². The van der Waals surface area contributed by atoms with Crippen molar-refractivity contribution in [1.82, 2.24) is 5.32 Å². The second-order valence-corrected chi connectivity index (χ2v) is 4.71. The number of hydrogen-bond acceptors (Lipinski definition) is 3. The van der Waals surface area contributed by atoms with Crippen LogP contribution in [-0.4, -0.2) is 17.7 Å². The molecule has 0 aliphatic heterocycles. The number of fused-ring (bicyclic) bond motifs is 1. The van der Waals surface area contributed by atoms with E-state index in [0.29, 0.717) is 11.8 Å². The highest BCUT2D eigenvalue weighted by atomic mass is 16.3. The first-order valence-corrected chi connectivity index (χ1v) is 5.97. The molecule has 1 aliphatic carbocycles. The number of phenolic OH excluding ortho intramolecular Hbond substituents is 1. The quantitative estimate of drug-likeness (QED) is 0.726. The zero-order valence-electron chi connectivity index (χ0n) is 9.74. The largest absolute Gasteiger partial charge is 0.508 e. The zero-order valence-corrected chi connectivity index (χ0v) is 9.74. The van der Waals surface area contributed by atoms with E-state index < -0.39 is 0 Å². The van der Waals surface area contributed by atoms with Crippen LogP contribution in [0.4, 0.5) is 0 Å². The van der Waals surface area contributed by atoms with Crippen molar-refractivity contribution in [3.8, 4) is 5.75 Å². The van der Waals surface area contributed by atoms with Gasteiger partial charge in [-0.3, -0.25) is 0 Å². The van der Waals surface area contributed by atoms with Crippen LogP contribution in [0.3, 0.4) is 0 Å². The molecule has 1 aromatic carbocycles. The summed E-state index contributed by atoms with van der Waals surface area (Å²) in [6, 6.07) is 6.20. The van der Waals surface area contributed by atoms with Gasteiger partial charge in [0.05, 0.1) is 0 Å². The van der Waals surface area contributed by atoms with Gasteiger partial charge in [0.2, 0.25) is 0 Å². The Morgan fingerprint density at radius 3 is 3.12 bits per heavy atom. The molecule has 0 amide bonds. The van der Waals surface area contributed by atoms with E-state index in [0.717, 1.165) is 19.4 Å². The van der Waals surface area contributed by atoms with Gasteiger partial charge >= 0.3 is 0 Å². The number of aromatic hydroxyl groups is 1. The first-order chi connectivity index (χ1) is 7.66. The van der Waals surface area contributed by atoms with Gasteiger partial charge in [0.25, 0.3) is 0 Å². The topological polar surface area (TPSA) is 58.3 Å². The van der Waals surface area contributed by atoms with Gasteiger partial charge in [-0.1, -0.05) is 6.07 Å². The molecule has 0 saturated carbocycles. The van der Waals surface area contributed by atoms with Gasteiger partial charge in [-0.15, -0.1) is 0 Å². The maximum absolute atomic E-state index is 9.53. The Morgan fingerprint density at radius 2 is 2.38 bits per heavy atom. The van der Waals surface area contributed by atoms with E-state index in [1.165, 1.54) is 17.5 Å². The lowest BCUT2D eigenvalue weighted by Crippen LogP contribution is -2.35. The monoisotopic (exact) mass is 220 g/mol. The number of aryl methyl sites for hydroxylation is 1. The van der Waals surface area contributed by atoms with Crippen molar-refractivity contribution in [2.45, 2.75) is 38.3 Å². The number of nitrogens with two attached hydrogens (primary N) is 1. The van der Waals surface area contributed by atoms with Gasteiger partial charge in [0.15, 0.2) is 0 Å². The Bertz CT molecular complexity index is 363. The first-order valence-electron chi connectivity index (χ1n) is 5.97. The summed E-state index contributed by atoms with van der Waals surface area (Å²) in [6.45, 7) is 2.82. The lowest BCUT2D eigenvalue weighted by Gasteiger charge is -2.27. The lowest BCUT2D eigenvalue weighted by atomic mass is 9.87. The van der Waals surface area contributed by atoms with Gasteiger partial charge < -0.3 is 16.2 Å². The molecule has 2 atom stereocenters. The summed E-state index contributed by atoms with van der Waals surface area (Å²) < 4.78 is 0. The fourth-order valence-corrected chi connectivity index (χ4v) is 2.33. The molecule has 16 heavy (non-hydrogen) atoms. The highest BCUT2D eigenvalue weighted by Gasteiger charge is 2.20. The highest BCUT2D eigenvalue weighted by Crippen LogP contribution is 2.31. The Balaban J connectivity index is 2.15. The second kappa shape index (κ2) is 4.85. The molecule has 0 radical (unpaired) electrons. The molecular formula is C13H20N2O. The summed E-state index contributed by atoms with van der Waals surface area (Å²) in [5.41, 5.74) is 8.34. The van der Waals surface area contributed by atoms with Crippen LogP contribution in [0.5, 0.6) is 5.75 Å². The maximum Gasteiger partial charge on any atom is 0.115 e. The summed E-state index contributed by atoms with van der Waals surface area (Å²) in [5.74, 6) is 0.355. The van der Waals surface area contributed by atoms with E-state index in [2.05, 4.69) is 5.32 Å². The number of benzene rings is 1. The fourth-order valence-electron chi connectivity index (χ4n) is 2.33. The minimum atomic E-state index is 0.169. The fraction of sp³-hybridized carbons (Fsp3) is 0.538. The third kappa shape index (κ3) is 2.54. The van der Waals surface area contributed by atoms with E-state index in [1.54, 1.807) is 6.07 Å². The number of hydrogen-bond donors (Lipinski definition) is 3. The van der Waals surface area contributed by atoms with Crippen LogP contribution in [0, 0.1) is 0 Å². The minimum absolute atomic E-state index is 0.169. The van der Waals surface area contributed by atoms with Gasteiger partial charge in [-0.2, -0.15) is 0 Å². The van der Waals surface area contributed by atoms with Gasteiger partial charge in [-0.05, 0) is 49.4 Å². The van der Waals surface area contributed by atoms with Crippen LogP contribution >= 0.6 is 0 Å². The predicted molar refractivity (Wildman–Crippen MR) is 65.4 cm³/mol. The van der Waals surface area contributed by atoms with Crippen molar-refractivity contribution < 1.29 is 5.11 Å². The zero-order chi connectivity index (χ0) is 11.5. The van der Waals surface area contributed by atoms with E-state index in [1.807, 2.05) is 19.1 Å². The molecule has 2 rings (SSSR count). The SMILES string of the molecule is CC(N)CNC1CCCc2ccc(O)cc21. The Kier molecular flexibility index (Phi) is 3.46. The molecule has 2 unspecified atom stereocenters. The van der Waals surface area contributed by atoms with Crippen molar-refractivity contribution in [2.75, 3.05) is 6.54 Å². The van der Waals surface area contributed by atoms with Crippen LogP contribution in [0.2, 0.25) is 0 Å². The normalized spacial score (nSPS) is 21.5. The molecule has 0 saturated heterocycles. The predicted octanol–water partition coefficient (Wildman–Crippen LogP) is 1.71. The molecular weight excluding hydrogens is 200 g/mol. The number of phenols is 1. The van der Waals surface area contributed by atoms with Crippen molar-refractivity contribution in [2.24, 2.45) is 5.73 Å². The van der Waals surface area contributed by atoms with Crippen LogP contribution in [0.25, 0.3) is 0 Å². The third-order valence-corrected chi connectivity index (χ3v) is 3.13. The summed E-state index contributed by atoms with van der Waals surface area (Å²) >= 11 is 0. The van der Waals surface area contributed by atoms with E-state index in [-0.39, 0.29) is 6.04 Å². The minimum Gasteiger partial charge on any atom is -0.508 e. The van der Waals surface area contributed by atoms with Crippen molar-refractivity contribution in [3.05, 3.63) is 29.3 Å². The van der Waals surface area contributed by atoms with E-state index >= 15 is 0 Å². The molecule has 1 aliphatic rings. The molecule has 3 nitrogen and oxygen atoms in total. The number of rotatable bonds is 3. The standard InChI is InChI=1S/C13H20N2O/c1-9(14)8-15-13-4-2-3-10-5-6-11(16)7-12(10)13/h5-7,9,13,15-16H,2-4,8,14H2,1H3. The summed E-state index contributed by atoms with van der Waals surface area (Å²) in [5, 5.41) is 13.0. The van der Waals surface area contributed by atoms with Crippen molar-refractivity contribution in [3.63, 3.8) is 0 Å². The molecule has 0 heterocycles. The molecule has 1 aromatic rings. The van der Waals surface area contributed by atoms with E-state index in [9.17, 15) is 5.11 Å². The van der Waals surface area contributed by atoms with Crippen LogP contribution in [0.15, 0.2) is 18.2 Å². The molecule has 0 bridgehead atoms. The molecule has 0 aromatic heterocycles. The average molecular weight is 220 g/mol. The molecule has 4 N–H and O–H groups in total. The Morgan fingerprint density at radius 1 is 1.56 bits per heavy atom. The van der Waals surface area contributed by atoms with Gasteiger partial charge in [0.1, 0.15) is 5.75 Å². The van der Waals surface area contributed by atoms with Crippen LogP contribution in [-0.2, 0) is 6.42 Å². The van der Waals surface area contributed by atoms with Crippen LogP contribution in [0.1, 0.15) is 36.9 Å². The van der Waals surface area contributed by atoms with Crippen molar-refractivity contribution in [1.29, 1.82) is 0 Å². The van der Waals surface area contributed by atoms with E-state index in [4.69, 9.17) is 5.73 Å². The second-order valence-electron chi connectivity index (χ2n) is 4.71. The summed E-state index contributed by atoms with van der Waals surface area (Å²) in [7, 11) is 0. The first kappa shape index (κ1) is 11.4. The maximum atomic E-state index is 9.53. The van der Waals surface area contributed by atoms with Gasteiger partial charge in [-0.25, -0.2) is 0 Å². The molecule has 88 valence electrons. The molecule has 0 fully saturated rings. The van der Waals surface area contributed by atoms with Crippen LogP contribution < -0.4 is 11.1 Å². The smallest absolute Gasteiger partial charge is 0.115 e. The van der Waals surface area contributed by atoms with Crippen molar-refractivity contribution >= 4 is 0 Å². The van der Waals surface area contributed by atoms with Gasteiger partial charge in [0, 0.05) is 18.6 Å². The molecule has 3 heteroatoms. The Hall–Kier alpha value is -1.06. The highest BCUT2D eigenvalue weighted by molar-refractivity contribution is 5.38. The third-order valence-electron chi connectivity index (χ3n) is 3.13. The number of nitrogens with one attached hydrogen (secondary N) is 1. The summed E-state index contributed by atoms with van der Waals surface area (Å²) in [4.78, 5) is 0. The lowest BCUT2D eigenvalue weighted by molar-refractivity contribution is 0.437. The molecule has 0 spiro atoms. The average Bonchev–Trinajstić information content (AvgIpc) is 2.26. The summed E-state index contributed by atoms with van der Waals surface area (Å²) in [6.07, 6.45) is 3.45.